The Hall–Kier alpha value is -1.26. The van der Waals surface area contributed by atoms with Gasteiger partial charge >= 0.3 is 0 Å². The first-order valence-electron chi connectivity index (χ1n) is 5.21. The molecule has 0 atom stereocenters. The smallest absolute Gasteiger partial charge is 0.227 e. The van der Waals surface area contributed by atoms with Crippen LogP contribution in [0.25, 0.3) is 11.5 Å². The summed E-state index contributed by atoms with van der Waals surface area (Å²) in [5.74, 6) is 0.971. The number of aryl methyl sites for hydroxylation is 1. The predicted molar refractivity (Wildman–Crippen MR) is 71.5 cm³/mol. The second-order valence-electron chi connectivity index (χ2n) is 3.51. The van der Waals surface area contributed by atoms with Crippen molar-refractivity contribution in [1.82, 2.24) is 15.1 Å². The lowest BCUT2D eigenvalue weighted by molar-refractivity contribution is 0.376. The van der Waals surface area contributed by atoms with Gasteiger partial charge in [-0.15, -0.1) is 0 Å². The number of pyridine rings is 1. The van der Waals surface area contributed by atoms with Crippen molar-refractivity contribution in [2.75, 3.05) is 0 Å². The van der Waals surface area contributed by atoms with Gasteiger partial charge in [-0.2, -0.15) is 10.2 Å². The van der Waals surface area contributed by atoms with E-state index in [1.54, 1.807) is 6.20 Å². The Balaban J connectivity index is 2.16. The number of nitrogens with zero attached hydrogens (tertiary/aromatic N) is 4. The first-order chi connectivity index (χ1) is 8.70. The molecular weight excluding hydrogens is 364 g/mol. The summed E-state index contributed by atoms with van der Waals surface area (Å²) in [6.07, 6.45) is 3.48. The molecule has 2 rings (SSSR count). The largest absolute Gasteiger partial charge is 0.339 e. The van der Waals surface area contributed by atoms with E-state index in [1.165, 1.54) is 0 Å². The third kappa shape index (κ3) is 3.15. The highest BCUT2D eigenvalue weighted by Gasteiger charge is 2.13. The summed E-state index contributed by atoms with van der Waals surface area (Å²) >= 11 is 6.73. The molecule has 0 aliphatic carbocycles. The summed E-state index contributed by atoms with van der Waals surface area (Å²) < 4.78 is 6.77. The van der Waals surface area contributed by atoms with Gasteiger partial charge in [0.25, 0.3) is 0 Å². The Labute approximate surface area is 120 Å². The van der Waals surface area contributed by atoms with Crippen molar-refractivity contribution in [1.29, 1.82) is 5.26 Å². The van der Waals surface area contributed by atoms with Gasteiger partial charge in [-0.25, -0.2) is 0 Å². The summed E-state index contributed by atoms with van der Waals surface area (Å²) in [5, 5.41) is 12.3. The van der Waals surface area contributed by atoms with Gasteiger partial charge in [-0.1, -0.05) is 5.16 Å². The fraction of sp³-hybridized carbons (Fsp3) is 0.273. The van der Waals surface area contributed by atoms with Crippen LogP contribution < -0.4 is 0 Å². The van der Waals surface area contributed by atoms with Gasteiger partial charge in [0, 0.05) is 28.0 Å². The number of unbranched alkanes of at least 4 members (excludes halogenated alkanes) is 1. The third-order valence-electron chi connectivity index (χ3n) is 2.17. The molecule has 0 amide bonds. The van der Waals surface area contributed by atoms with Crippen molar-refractivity contribution in [3.05, 3.63) is 27.1 Å². The maximum atomic E-state index is 8.45. The van der Waals surface area contributed by atoms with Crippen molar-refractivity contribution < 1.29 is 4.52 Å². The minimum absolute atomic E-state index is 0.446. The topological polar surface area (TPSA) is 75.6 Å². The van der Waals surface area contributed by atoms with E-state index in [4.69, 9.17) is 9.78 Å². The SMILES string of the molecule is N#CCCCc1nc(-c2ncc(Br)cc2Br)no1. The predicted octanol–water partition coefficient (Wildman–Crippen LogP) is 3.50. The van der Waals surface area contributed by atoms with Gasteiger partial charge in [0.15, 0.2) is 0 Å². The van der Waals surface area contributed by atoms with E-state index in [0.717, 1.165) is 8.95 Å². The van der Waals surface area contributed by atoms with Crippen molar-refractivity contribution >= 4 is 31.9 Å². The highest BCUT2D eigenvalue weighted by Crippen LogP contribution is 2.26. The molecule has 0 aromatic carbocycles. The number of aromatic nitrogens is 3. The van der Waals surface area contributed by atoms with Gasteiger partial charge in [0.1, 0.15) is 5.69 Å². The van der Waals surface area contributed by atoms with Gasteiger partial charge < -0.3 is 4.52 Å². The molecule has 0 saturated carbocycles. The van der Waals surface area contributed by atoms with Crippen LogP contribution >= 0.6 is 31.9 Å². The standard InChI is InChI=1S/C11H8Br2N4O/c12-7-5-8(13)10(15-6-7)11-16-9(18-17-11)3-1-2-4-14/h5-6H,1-3H2. The molecule has 0 aliphatic rings. The Morgan fingerprint density at radius 3 is 2.94 bits per heavy atom. The molecule has 18 heavy (non-hydrogen) atoms. The quantitative estimate of drug-likeness (QED) is 0.768. The molecule has 0 saturated heterocycles. The summed E-state index contributed by atoms with van der Waals surface area (Å²) in [6.45, 7) is 0. The average molecular weight is 372 g/mol. The maximum Gasteiger partial charge on any atom is 0.227 e. The molecule has 0 unspecified atom stereocenters. The van der Waals surface area contributed by atoms with E-state index in [1.807, 2.05) is 6.07 Å². The van der Waals surface area contributed by atoms with Crippen LogP contribution in [0.3, 0.4) is 0 Å². The van der Waals surface area contributed by atoms with Crippen LogP contribution in [-0.4, -0.2) is 15.1 Å². The molecule has 2 aromatic rings. The van der Waals surface area contributed by atoms with E-state index < -0.39 is 0 Å². The monoisotopic (exact) mass is 370 g/mol. The summed E-state index contributed by atoms with van der Waals surface area (Å²) in [4.78, 5) is 8.47. The molecule has 0 spiro atoms. The van der Waals surface area contributed by atoms with Gasteiger partial charge in [0.2, 0.25) is 11.7 Å². The molecule has 2 heterocycles. The van der Waals surface area contributed by atoms with Crippen molar-refractivity contribution in [3.63, 3.8) is 0 Å². The molecule has 0 fully saturated rings. The van der Waals surface area contributed by atoms with Gasteiger partial charge in [0.05, 0.1) is 6.07 Å². The van der Waals surface area contributed by atoms with Crippen LogP contribution in [-0.2, 0) is 6.42 Å². The number of halogens is 2. The lowest BCUT2D eigenvalue weighted by Gasteiger charge is -1.97. The zero-order valence-electron chi connectivity index (χ0n) is 9.23. The van der Waals surface area contributed by atoms with Crippen LogP contribution in [0, 0.1) is 11.3 Å². The normalized spacial score (nSPS) is 10.3. The highest BCUT2D eigenvalue weighted by atomic mass is 79.9. The second-order valence-corrected chi connectivity index (χ2v) is 5.28. The van der Waals surface area contributed by atoms with E-state index in [9.17, 15) is 0 Å². The van der Waals surface area contributed by atoms with Crippen LogP contribution in [0.2, 0.25) is 0 Å². The van der Waals surface area contributed by atoms with Crippen LogP contribution in [0.15, 0.2) is 25.7 Å². The summed E-state index contributed by atoms with van der Waals surface area (Å²) in [6, 6.07) is 3.95. The fourth-order valence-corrected chi connectivity index (χ4v) is 2.52. The molecule has 7 heteroatoms. The van der Waals surface area contributed by atoms with E-state index in [0.29, 0.717) is 36.7 Å². The molecule has 2 aromatic heterocycles. The van der Waals surface area contributed by atoms with Crippen LogP contribution in [0.1, 0.15) is 18.7 Å². The Morgan fingerprint density at radius 2 is 2.22 bits per heavy atom. The Bertz CT molecular complexity index is 591. The van der Waals surface area contributed by atoms with Crippen molar-refractivity contribution in [2.45, 2.75) is 19.3 Å². The Morgan fingerprint density at radius 1 is 1.39 bits per heavy atom. The minimum atomic E-state index is 0.446. The molecule has 92 valence electrons. The Kier molecular flexibility index (Phi) is 4.44. The lowest BCUT2D eigenvalue weighted by atomic mass is 10.2. The first-order valence-corrected chi connectivity index (χ1v) is 6.80. The average Bonchev–Trinajstić information content (AvgIpc) is 2.78. The zero-order chi connectivity index (χ0) is 13.0. The number of nitriles is 1. The molecule has 0 N–H and O–H groups in total. The van der Waals surface area contributed by atoms with Gasteiger partial charge in [-0.3, -0.25) is 4.98 Å². The van der Waals surface area contributed by atoms with E-state index in [-0.39, 0.29) is 0 Å². The van der Waals surface area contributed by atoms with Crippen molar-refractivity contribution in [2.24, 2.45) is 0 Å². The van der Waals surface area contributed by atoms with Crippen molar-refractivity contribution in [3.8, 4) is 17.6 Å². The second kappa shape index (κ2) is 6.07. The number of rotatable bonds is 4. The van der Waals surface area contributed by atoms with E-state index >= 15 is 0 Å². The first kappa shape index (κ1) is 13.2. The van der Waals surface area contributed by atoms with E-state index in [2.05, 4.69) is 53.1 Å². The maximum absolute atomic E-state index is 8.45. The molecule has 5 nitrogen and oxygen atoms in total. The molecule has 0 radical (unpaired) electrons. The van der Waals surface area contributed by atoms with Crippen LogP contribution in [0.5, 0.6) is 0 Å². The number of hydrogen-bond acceptors (Lipinski definition) is 5. The highest BCUT2D eigenvalue weighted by molar-refractivity contribution is 9.11. The minimum Gasteiger partial charge on any atom is -0.339 e. The van der Waals surface area contributed by atoms with Crippen LogP contribution in [0.4, 0.5) is 0 Å². The molecular formula is C11H8Br2N4O. The third-order valence-corrected chi connectivity index (χ3v) is 3.21. The molecule has 0 aliphatic heterocycles. The number of hydrogen-bond donors (Lipinski definition) is 0. The zero-order valence-corrected chi connectivity index (χ0v) is 12.4. The summed E-state index contributed by atoms with van der Waals surface area (Å²) in [7, 11) is 0. The molecule has 0 bridgehead atoms. The summed E-state index contributed by atoms with van der Waals surface area (Å²) in [5.41, 5.74) is 0.633. The fourth-order valence-electron chi connectivity index (χ4n) is 1.35. The lowest BCUT2D eigenvalue weighted by Crippen LogP contribution is -1.89. The van der Waals surface area contributed by atoms with Gasteiger partial charge in [-0.05, 0) is 44.3 Å².